The number of methoxy groups -OCH3 is 1. The van der Waals surface area contributed by atoms with Crippen molar-refractivity contribution in [2.24, 2.45) is 5.41 Å². The van der Waals surface area contributed by atoms with E-state index in [0.717, 1.165) is 44.5 Å². The minimum Gasteiger partial charge on any atom is -0.475 e. The third kappa shape index (κ3) is 7.42. The molecule has 1 aromatic carbocycles. The number of rotatable bonds is 5. The van der Waals surface area contributed by atoms with Gasteiger partial charge in [0, 0.05) is 25.8 Å². The number of nitrogens with zero attached hydrogens (tertiary/aromatic N) is 1. The van der Waals surface area contributed by atoms with Gasteiger partial charge >= 0.3 is 12.1 Å². The van der Waals surface area contributed by atoms with Crippen LogP contribution in [0.3, 0.4) is 0 Å². The van der Waals surface area contributed by atoms with Crippen molar-refractivity contribution in [2.75, 3.05) is 40.0 Å². The predicted octanol–water partition coefficient (Wildman–Crippen LogP) is 2.59. The summed E-state index contributed by atoms with van der Waals surface area (Å²) >= 11 is 0. The van der Waals surface area contributed by atoms with Crippen LogP contribution in [0.25, 0.3) is 0 Å². The van der Waals surface area contributed by atoms with Gasteiger partial charge in [0.05, 0.1) is 12.6 Å². The first kappa shape index (κ1) is 26.0. The maximum absolute atomic E-state index is 13.9. The molecular formula is C21H28F4N2O5. The van der Waals surface area contributed by atoms with Gasteiger partial charge < -0.3 is 19.9 Å². The molecule has 2 N–H and O–H groups in total. The highest BCUT2D eigenvalue weighted by Crippen LogP contribution is 2.41. The molecule has 2 fully saturated rings. The van der Waals surface area contributed by atoms with Gasteiger partial charge in [0.2, 0.25) is 5.91 Å². The summed E-state index contributed by atoms with van der Waals surface area (Å²) in [6.45, 7) is 3.83. The van der Waals surface area contributed by atoms with E-state index in [1.807, 2.05) is 12.1 Å². The number of aliphatic carboxylic acids is 1. The Morgan fingerprint density at radius 3 is 2.44 bits per heavy atom. The molecule has 11 heteroatoms. The van der Waals surface area contributed by atoms with Gasteiger partial charge in [-0.25, -0.2) is 9.18 Å². The predicted molar refractivity (Wildman–Crippen MR) is 106 cm³/mol. The highest BCUT2D eigenvalue weighted by Gasteiger charge is 2.44. The van der Waals surface area contributed by atoms with Crippen molar-refractivity contribution in [2.45, 2.75) is 38.0 Å². The van der Waals surface area contributed by atoms with E-state index in [-0.39, 0.29) is 29.8 Å². The summed E-state index contributed by atoms with van der Waals surface area (Å²) in [6.07, 6.45) is -2.15. The number of benzene rings is 1. The third-order valence-corrected chi connectivity index (χ3v) is 5.82. The van der Waals surface area contributed by atoms with Crippen LogP contribution in [0.5, 0.6) is 0 Å². The number of ether oxygens (including phenoxy) is 2. The van der Waals surface area contributed by atoms with E-state index in [1.54, 1.807) is 6.07 Å². The van der Waals surface area contributed by atoms with Gasteiger partial charge in [0.15, 0.2) is 0 Å². The van der Waals surface area contributed by atoms with Gasteiger partial charge in [-0.15, -0.1) is 0 Å². The van der Waals surface area contributed by atoms with Gasteiger partial charge in [0.1, 0.15) is 12.4 Å². The Labute approximate surface area is 183 Å². The molecule has 1 aromatic rings. The molecule has 0 aromatic heterocycles. The number of amides is 1. The molecule has 1 amide bonds. The number of nitrogens with one attached hydrogen (secondary N) is 1. The van der Waals surface area contributed by atoms with Gasteiger partial charge in [-0.05, 0) is 43.8 Å². The van der Waals surface area contributed by atoms with Crippen LogP contribution in [0, 0.1) is 11.2 Å². The number of likely N-dealkylation sites (tertiary alicyclic amines) is 1. The first-order valence-corrected chi connectivity index (χ1v) is 10.2. The number of carboxylic acid groups (broad SMARTS) is 1. The molecule has 1 unspecified atom stereocenters. The number of hydrogen-bond acceptors (Lipinski definition) is 5. The highest BCUT2D eigenvalue weighted by molar-refractivity contribution is 5.77. The maximum Gasteiger partial charge on any atom is 0.490 e. The number of carbonyl (C=O) groups excluding carboxylic acids is 1. The summed E-state index contributed by atoms with van der Waals surface area (Å²) in [5.41, 5.74) is 0.822. The third-order valence-electron chi connectivity index (χ3n) is 5.82. The fourth-order valence-electron chi connectivity index (χ4n) is 4.01. The molecule has 2 heterocycles. The lowest BCUT2D eigenvalue weighted by molar-refractivity contribution is -0.192. The lowest BCUT2D eigenvalue weighted by Gasteiger charge is -2.49. The van der Waals surface area contributed by atoms with E-state index in [4.69, 9.17) is 19.4 Å². The molecule has 3 rings (SSSR count). The summed E-state index contributed by atoms with van der Waals surface area (Å²) in [7, 11) is 1.52. The number of piperidine rings is 1. The summed E-state index contributed by atoms with van der Waals surface area (Å²) in [4.78, 5) is 23.1. The molecular weight excluding hydrogens is 436 g/mol. The van der Waals surface area contributed by atoms with E-state index < -0.39 is 12.1 Å². The Balaban J connectivity index is 0.000000451. The Morgan fingerprint density at radius 2 is 1.88 bits per heavy atom. The Morgan fingerprint density at radius 1 is 1.25 bits per heavy atom. The lowest BCUT2D eigenvalue weighted by atomic mass is 9.69. The summed E-state index contributed by atoms with van der Waals surface area (Å²) in [5.74, 6) is -2.99. The normalized spacial score (nSPS) is 20.8. The zero-order valence-electron chi connectivity index (χ0n) is 17.8. The number of halogens is 4. The first-order chi connectivity index (χ1) is 15.1. The van der Waals surface area contributed by atoms with Crippen molar-refractivity contribution < 1.29 is 41.7 Å². The molecule has 2 aliphatic heterocycles. The average Bonchev–Trinajstić information content (AvgIpc) is 2.73. The fraction of sp³-hybridized carbons (Fsp3) is 0.619. The second-order valence-electron chi connectivity index (χ2n) is 7.91. The van der Waals surface area contributed by atoms with Crippen LogP contribution >= 0.6 is 0 Å². The van der Waals surface area contributed by atoms with Crippen LogP contribution in [-0.4, -0.2) is 74.1 Å². The summed E-state index contributed by atoms with van der Waals surface area (Å²) < 4.78 is 56.1. The van der Waals surface area contributed by atoms with Crippen LogP contribution in [-0.2, 0) is 25.6 Å². The quantitative estimate of drug-likeness (QED) is 0.652. The Bertz CT molecular complexity index is 767. The second kappa shape index (κ2) is 11.6. The van der Waals surface area contributed by atoms with Crippen molar-refractivity contribution in [1.29, 1.82) is 0 Å². The van der Waals surface area contributed by atoms with Gasteiger partial charge in [-0.3, -0.25) is 9.69 Å². The number of carbonyl (C=O) groups is 2. The SMILES string of the molecule is COCC(=O)NC1COCCC12CCN(Cc1ccccc1F)CC2.O=C(O)C(F)(F)F. The molecule has 7 nitrogen and oxygen atoms in total. The zero-order chi connectivity index (χ0) is 23.8. The van der Waals surface area contributed by atoms with Crippen molar-refractivity contribution in [3.05, 3.63) is 35.6 Å². The van der Waals surface area contributed by atoms with Gasteiger partial charge in [-0.2, -0.15) is 13.2 Å². The summed E-state index contributed by atoms with van der Waals surface area (Å²) in [6, 6.07) is 6.99. The van der Waals surface area contributed by atoms with E-state index >= 15 is 0 Å². The topological polar surface area (TPSA) is 88.1 Å². The van der Waals surface area contributed by atoms with Crippen molar-refractivity contribution >= 4 is 11.9 Å². The van der Waals surface area contributed by atoms with E-state index in [2.05, 4.69) is 10.2 Å². The average molecular weight is 464 g/mol. The number of alkyl halides is 3. The molecule has 1 spiro atoms. The van der Waals surface area contributed by atoms with Crippen molar-refractivity contribution in [3.8, 4) is 0 Å². The molecule has 0 saturated carbocycles. The molecule has 0 bridgehead atoms. The van der Waals surface area contributed by atoms with E-state index in [9.17, 15) is 22.4 Å². The van der Waals surface area contributed by atoms with Crippen LogP contribution in [0.4, 0.5) is 17.6 Å². The molecule has 2 aliphatic rings. The monoisotopic (exact) mass is 464 g/mol. The number of carboxylic acids is 1. The van der Waals surface area contributed by atoms with E-state index in [1.165, 1.54) is 13.2 Å². The minimum absolute atomic E-state index is 0.0273. The molecule has 32 heavy (non-hydrogen) atoms. The van der Waals surface area contributed by atoms with Gasteiger partial charge in [0.25, 0.3) is 0 Å². The molecule has 0 radical (unpaired) electrons. The van der Waals surface area contributed by atoms with Crippen molar-refractivity contribution in [1.82, 2.24) is 10.2 Å². The van der Waals surface area contributed by atoms with Gasteiger partial charge in [-0.1, -0.05) is 18.2 Å². The smallest absolute Gasteiger partial charge is 0.475 e. The molecule has 1 atom stereocenters. The van der Waals surface area contributed by atoms with Crippen LogP contribution in [0.15, 0.2) is 24.3 Å². The lowest BCUT2D eigenvalue weighted by Crippen LogP contribution is -2.57. The number of hydrogen-bond donors (Lipinski definition) is 2. The highest BCUT2D eigenvalue weighted by atomic mass is 19.4. The largest absolute Gasteiger partial charge is 0.490 e. The molecule has 180 valence electrons. The molecule has 0 aliphatic carbocycles. The fourth-order valence-corrected chi connectivity index (χ4v) is 4.01. The zero-order valence-corrected chi connectivity index (χ0v) is 17.8. The second-order valence-corrected chi connectivity index (χ2v) is 7.91. The first-order valence-electron chi connectivity index (χ1n) is 10.2. The Hall–Kier alpha value is -2.24. The van der Waals surface area contributed by atoms with E-state index in [0.29, 0.717) is 13.2 Å². The summed E-state index contributed by atoms with van der Waals surface area (Å²) in [5, 5.41) is 10.2. The Kier molecular flexibility index (Phi) is 9.41. The maximum atomic E-state index is 13.9. The molecule has 2 saturated heterocycles. The van der Waals surface area contributed by atoms with Crippen LogP contribution in [0.1, 0.15) is 24.8 Å². The van der Waals surface area contributed by atoms with Crippen molar-refractivity contribution in [3.63, 3.8) is 0 Å². The van der Waals surface area contributed by atoms with Crippen LogP contribution in [0.2, 0.25) is 0 Å². The standard InChI is InChI=1S/C19H27FN2O3.C2HF3O2/c1-24-14-18(23)21-17-13-25-11-8-19(17)6-9-22(10-7-19)12-15-4-2-3-5-16(15)20;3-2(4,5)1(6)7/h2-5,17H,6-14H2,1H3,(H,21,23);(H,6,7). The van der Waals surface area contributed by atoms with Crippen LogP contribution < -0.4 is 5.32 Å². The minimum atomic E-state index is -5.08.